The van der Waals surface area contributed by atoms with Gasteiger partial charge in [-0.2, -0.15) is 5.10 Å². The van der Waals surface area contributed by atoms with E-state index >= 15 is 0 Å². The van der Waals surface area contributed by atoms with Gasteiger partial charge in [0.1, 0.15) is 5.75 Å². The van der Waals surface area contributed by atoms with Gasteiger partial charge in [0.15, 0.2) is 0 Å². The maximum Gasteiger partial charge on any atom is 0.325 e. The Hall–Kier alpha value is -3.13. The van der Waals surface area contributed by atoms with Crippen LogP contribution in [-0.4, -0.2) is 38.2 Å². The molecule has 0 saturated heterocycles. The van der Waals surface area contributed by atoms with Gasteiger partial charge in [0.25, 0.3) is 0 Å². The molecule has 1 aliphatic carbocycles. The van der Waals surface area contributed by atoms with E-state index in [0.717, 1.165) is 34.2 Å². The first kappa shape index (κ1) is 21.1. The SMILES string of the molecule is CCOc1cc2nn(CCC(C)(C)O)cc2cc1NC(=O)c1cccc(C2CC2)[n+]1O. The number of hydrogen-bond acceptors (Lipinski definition) is 5. The largest absolute Gasteiger partial charge is 0.492 e. The second-order valence-electron chi connectivity index (χ2n) is 8.67. The standard InChI is InChI=1S/C23H28N4O4/c1-4-31-21-13-17-16(14-26(25-17)11-10-23(2,3)29)12-18(21)24-22(28)20-7-5-6-19(27(20)30)15-8-9-15/h5-7,12-15,29H,4,8-11H2,1-3H3,(H-,24,28,30)/p+1. The summed E-state index contributed by atoms with van der Waals surface area (Å²) in [6.07, 6.45) is 4.49. The molecule has 31 heavy (non-hydrogen) atoms. The number of carbonyl (C=O) groups is 1. The van der Waals surface area contributed by atoms with Crippen LogP contribution in [0.3, 0.4) is 0 Å². The number of carbonyl (C=O) groups excluding carboxylic acids is 1. The van der Waals surface area contributed by atoms with Gasteiger partial charge in [-0.05, 0) is 52.2 Å². The molecule has 0 aliphatic heterocycles. The molecule has 3 N–H and O–H groups in total. The number of fused-ring (bicyclic) bond motifs is 1. The number of anilines is 1. The Morgan fingerprint density at radius 3 is 2.81 bits per heavy atom. The van der Waals surface area contributed by atoms with E-state index in [2.05, 4.69) is 10.4 Å². The minimum Gasteiger partial charge on any atom is -0.492 e. The number of aromatic nitrogens is 3. The van der Waals surface area contributed by atoms with Gasteiger partial charge in [0, 0.05) is 47.0 Å². The van der Waals surface area contributed by atoms with E-state index in [1.807, 2.05) is 25.3 Å². The summed E-state index contributed by atoms with van der Waals surface area (Å²) in [6, 6.07) is 8.83. The topological polar surface area (TPSA) is 100 Å². The Kier molecular flexibility index (Phi) is 5.58. The van der Waals surface area contributed by atoms with E-state index < -0.39 is 11.5 Å². The first-order valence-corrected chi connectivity index (χ1v) is 10.7. The zero-order chi connectivity index (χ0) is 22.2. The molecular formula is C23H29N4O4+. The van der Waals surface area contributed by atoms with Crippen molar-refractivity contribution in [3.8, 4) is 5.75 Å². The number of pyridine rings is 1. The van der Waals surface area contributed by atoms with Crippen molar-refractivity contribution in [2.45, 2.75) is 58.1 Å². The average Bonchev–Trinajstić information content (AvgIpc) is 3.46. The smallest absolute Gasteiger partial charge is 0.325 e. The van der Waals surface area contributed by atoms with E-state index in [-0.39, 0.29) is 5.69 Å². The number of rotatable bonds is 8. The molecule has 1 fully saturated rings. The van der Waals surface area contributed by atoms with E-state index in [1.165, 1.54) is 0 Å². The quantitative estimate of drug-likeness (QED) is 0.380. The van der Waals surface area contributed by atoms with Crippen LogP contribution in [0.25, 0.3) is 10.9 Å². The molecule has 0 unspecified atom stereocenters. The highest BCUT2D eigenvalue weighted by Gasteiger charge is 2.35. The highest BCUT2D eigenvalue weighted by molar-refractivity contribution is 6.04. The maximum atomic E-state index is 12.9. The summed E-state index contributed by atoms with van der Waals surface area (Å²) in [5.41, 5.74) is 1.40. The number of hydrogen-bond donors (Lipinski definition) is 3. The lowest BCUT2D eigenvalue weighted by molar-refractivity contribution is -0.910. The van der Waals surface area contributed by atoms with Crippen molar-refractivity contribution < 1.29 is 24.6 Å². The van der Waals surface area contributed by atoms with Crippen molar-refractivity contribution in [3.63, 3.8) is 0 Å². The molecule has 2 aromatic heterocycles. The number of ether oxygens (including phenoxy) is 1. The molecule has 1 saturated carbocycles. The van der Waals surface area contributed by atoms with E-state index in [1.54, 1.807) is 36.7 Å². The van der Waals surface area contributed by atoms with E-state index in [9.17, 15) is 15.1 Å². The Morgan fingerprint density at radius 2 is 2.13 bits per heavy atom. The highest BCUT2D eigenvalue weighted by Crippen LogP contribution is 2.38. The number of nitrogens with zero attached hydrogens (tertiary/aromatic N) is 3. The van der Waals surface area contributed by atoms with Crippen LogP contribution in [0.15, 0.2) is 36.5 Å². The molecule has 0 spiro atoms. The van der Waals surface area contributed by atoms with Crippen LogP contribution in [0.4, 0.5) is 5.69 Å². The minimum atomic E-state index is -0.775. The van der Waals surface area contributed by atoms with Crippen LogP contribution in [0.1, 0.15) is 62.1 Å². The van der Waals surface area contributed by atoms with Gasteiger partial charge < -0.3 is 15.2 Å². The van der Waals surface area contributed by atoms with Crippen LogP contribution in [-0.2, 0) is 6.54 Å². The van der Waals surface area contributed by atoms with Gasteiger partial charge in [-0.15, -0.1) is 0 Å². The molecule has 164 valence electrons. The maximum absolute atomic E-state index is 12.9. The summed E-state index contributed by atoms with van der Waals surface area (Å²) >= 11 is 0. The summed E-state index contributed by atoms with van der Waals surface area (Å²) < 4.78 is 8.50. The minimum absolute atomic E-state index is 0.174. The normalized spacial score (nSPS) is 14.1. The van der Waals surface area contributed by atoms with E-state index in [4.69, 9.17) is 4.74 Å². The average molecular weight is 426 g/mol. The van der Waals surface area contributed by atoms with Crippen molar-refractivity contribution in [1.29, 1.82) is 0 Å². The fourth-order valence-corrected chi connectivity index (χ4v) is 3.54. The Morgan fingerprint density at radius 1 is 1.35 bits per heavy atom. The second-order valence-corrected chi connectivity index (χ2v) is 8.67. The summed E-state index contributed by atoms with van der Waals surface area (Å²) in [5.74, 6) is 0.404. The molecule has 0 radical (unpaired) electrons. The third-order valence-electron chi connectivity index (χ3n) is 5.38. The molecule has 1 aliphatic rings. The molecule has 0 atom stereocenters. The molecule has 0 bridgehead atoms. The van der Waals surface area contributed by atoms with Crippen LogP contribution in [0.2, 0.25) is 0 Å². The van der Waals surface area contributed by atoms with Crippen molar-refractivity contribution in [2.24, 2.45) is 0 Å². The van der Waals surface area contributed by atoms with Crippen LogP contribution < -0.4 is 14.8 Å². The van der Waals surface area contributed by atoms with E-state index in [0.29, 0.717) is 36.9 Å². The van der Waals surface area contributed by atoms with Crippen LogP contribution in [0.5, 0.6) is 5.75 Å². The predicted molar refractivity (Wildman–Crippen MR) is 116 cm³/mol. The zero-order valence-corrected chi connectivity index (χ0v) is 18.1. The lowest BCUT2D eigenvalue weighted by Gasteiger charge is -2.16. The third kappa shape index (κ3) is 4.80. The van der Waals surface area contributed by atoms with Gasteiger partial charge in [-0.3, -0.25) is 14.7 Å². The molecule has 1 aromatic carbocycles. The second kappa shape index (κ2) is 8.19. The summed E-state index contributed by atoms with van der Waals surface area (Å²) in [4.78, 5) is 12.9. The van der Waals surface area contributed by atoms with Gasteiger partial charge in [0.05, 0.1) is 23.4 Å². The third-order valence-corrected chi connectivity index (χ3v) is 5.38. The van der Waals surface area contributed by atoms with Crippen molar-refractivity contribution in [3.05, 3.63) is 47.9 Å². The summed E-state index contributed by atoms with van der Waals surface area (Å²) in [6.45, 7) is 6.41. The predicted octanol–water partition coefficient (Wildman–Crippen LogP) is 3.25. The van der Waals surface area contributed by atoms with Crippen molar-refractivity contribution in [1.82, 2.24) is 9.78 Å². The summed E-state index contributed by atoms with van der Waals surface area (Å²) in [7, 11) is 0. The molecule has 2 heterocycles. The van der Waals surface area contributed by atoms with Crippen LogP contribution in [0, 0.1) is 0 Å². The Labute approximate surface area is 181 Å². The highest BCUT2D eigenvalue weighted by atomic mass is 16.5. The van der Waals surface area contributed by atoms with Gasteiger partial charge in [0.2, 0.25) is 5.69 Å². The lowest BCUT2D eigenvalue weighted by atomic mass is 10.1. The zero-order valence-electron chi connectivity index (χ0n) is 18.1. The number of aliphatic hydroxyl groups is 1. The molecular weight excluding hydrogens is 396 g/mol. The molecule has 1 amide bonds. The number of amides is 1. The van der Waals surface area contributed by atoms with Gasteiger partial charge in [-0.25, -0.2) is 0 Å². The first-order chi connectivity index (χ1) is 14.7. The molecule has 4 rings (SSSR count). The molecule has 3 aromatic rings. The van der Waals surface area contributed by atoms with Crippen LogP contribution >= 0.6 is 0 Å². The van der Waals surface area contributed by atoms with Gasteiger partial charge >= 0.3 is 11.6 Å². The fraction of sp³-hybridized carbons (Fsp3) is 0.435. The Bertz CT molecular complexity index is 1110. The van der Waals surface area contributed by atoms with Crippen molar-refractivity contribution >= 4 is 22.5 Å². The monoisotopic (exact) mass is 425 g/mol. The van der Waals surface area contributed by atoms with Gasteiger partial charge in [-0.1, -0.05) is 0 Å². The molecule has 8 heteroatoms. The first-order valence-electron chi connectivity index (χ1n) is 10.7. The number of aryl methyl sites for hydroxylation is 1. The lowest BCUT2D eigenvalue weighted by Crippen LogP contribution is -2.43. The number of benzene rings is 1. The fourth-order valence-electron chi connectivity index (χ4n) is 3.54. The number of nitrogens with one attached hydrogen (secondary N) is 1. The molecule has 8 nitrogen and oxygen atoms in total. The Balaban J connectivity index is 1.62. The van der Waals surface area contributed by atoms with Crippen molar-refractivity contribution in [2.75, 3.05) is 11.9 Å². The summed E-state index contributed by atoms with van der Waals surface area (Å²) in [5, 5.41) is 28.8.